The number of nitrogens with one attached hydrogen (secondary N) is 3. The second kappa shape index (κ2) is 8.27. The van der Waals surface area contributed by atoms with Gasteiger partial charge in [0.25, 0.3) is 5.56 Å². The van der Waals surface area contributed by atoms with Crippen LogP contribution in [-0.4, -0.2) is 67.0 Å². The Bertz CT molecular complexity index is 976. The summed E-state index contributed by atoms with van der Waals surface area (Å²) in [6.07, 6.45) is -8.79. The molecule has 0 saturated carbocycles. The molecule has 0 bridgehead atoms. The zero-order valence-corrected chi connectivity index (χ0v) is 15.7. The highest BCUT2D eigenvalue weighted by atomic mass is 19.4. The zero-order chi connectivity index (χ0) is 22.2. The summed E-state index contributed by atoms with van der Waals surface area (Å²) in [7, 11) is 0. The predicted molar refractivity (Wildman–Crippen MR) is 92.3 cm³/mol. The van der Waals surface area contributed by atoms with E-state index in [1.54, 1.807) is 19.3 Å². The number of hydrogen-bond acceptors (Lipinski definition) is 9. The Hall–Kier alpha value is -2.59. The molecule has 4 atom stereocenters. The minimum absolute atomic E-state index is 0.200. The fraction of sp³-hybridized carbons (Fsp3) is 0.600. The number of imidazole rings is 1. The number of ether oxygens (including phenoxy) is 2. The normalized spacial score (nSPS) is 24.7. The van der Waals surface area contributed by atoms with Gasteiger partial charge in [-0.3, -0.25) is 29.2 Å². The fourth-order valence-electron chi connectivity index (χ4n) is 2.99. The van der Waals surface area contributed by atoms with Crippen molar-refractivity contribution in [3.8, 4) is 0 Å². The smallest absolute Gasteiger partial charge is 0.394 e. The average molecular weight is 436 g/mol. The molecule has 3 heterocycles. The minimum Gasteiger partial charge on any atom is -0.394 e. The van der Waals surface area contributed by atoms with Crippen LogP contribution in [0.1, 0.15) is 20.1 Å². The highest BCUT2D eigenvalue weighted by Gasteiger charge is 2.51. The summed E-state index contributed by atoms with van der Waals surface area (Å²) in [5.41, 5.74) is 0.471. The van der Waals surface area contributed by atoms with Gasteiger partial charge < -0.3 is 15.1 Å². The molecule has 3 rings (SSSR count). The molecule has 5 N–H and O–H groups in total. The first-order valence-corrected chi connectivity index (χ1v) is 8.74. The topological polar surface area (TPSA) is 164 Å². The summed E-state index contributed by atoms with van der Waals surface area (Å²) in [6.45, 7) is 2.49. The third-order valence-corrected chi connectivity index (χ3v) is 4.42. The van der Waals surface area contributed by atoms with Crippen molar-refractivity contribution in [3.63, 3.8) is 0 Å². The Morgan fingerprint density at radius 3 is 2.73 bits per heavy atom. The number of alkyl halides is 3. The number of carbonyl (C=O) groups is 1. The van der Waals surface area contributed by atoms with E-state index in [9.17, 15) is 33.1 Å². The number of hydroxylamine groups is 1. The number of hydrogen-bond donors (Lipinski definition) is 5. The van der Waals surface area contributed by atoms with Crippen molar-refractivity contribution in [1.29, 1.82) is 0 Å². The van der Waals surface area contributed by atoms with E-state index in [1.807, 2.05) is 0 Å². The lowest BCUT2D eigenvalue weighted by atomic mass is 10.1. The van der Waals surface area contributed by atoms with Gasteiger partial charge >= 0.3 is 6.36 Å². The number of aliphatic hydroxyl groups is 1. The molecule has 1 saturated heterocycles. The van der Waals surface area contributed by atoms with Gasteiger partial charge in [-0.2, -0.15) is 10.5 Å². The lowest BCUT2D eigenvalue weighted by Gasteiger charge is -2.24. The lowest BCUT2D eigenvalue weighted by molar-refractivity contribution is -0.352. The molecule has 1 aliphatic heterocycles. The number of aromatic nitrogens is 4. The van der Waals surface area contributed by atoms with Crippen LogP contribution in [-0.2, 0) is 14.3 Å². The van der Waals surface area contributed by atoms with Gasteiger partial charge in [0.2, 0.25) is 11.9 Å². The van der Waals surface area contributed by atoms with E-state index in [4.69, 9.17) is 4.74 Å². The van der Waals surface area contributed by atoms with Gasteiger partial charge in [0.1, 0.15) is 12.2 Å². The summed E-state index contributed by atoms with van der Waals surface area (Å²) in [5, 5.41) is 21.0. The number of nitrogens with zero attached hydrogens (tertiary/aromatic N) is 3. The zero-order valence-electron chi connectivity index (χ0n) is 15.7. The molecule has 0 unspecified atom stereocenters. The van der Waals surface area contributed by atoms with Gasteiger partial charge in [0.05, 0.1) is 19.0 Å². The maximum atomic E-state index is 12.9. The fourth-order valence-corrected chi connectivity index (χ4v) is 2.99. The number of halogens is 3. The number of H-pyrrole nitrogens is 1. The summed E-state index contributed by atoms with van der Waals surface area (Å²) in [5.74, 6) is -1.13. The van der Waals surface area contributed by atoms with Crippen molar-refractivity contribution >= 4 is 23.0 Å². The van der Waals surface area contributed by atoms with Gasteiger partial charge in [0, 0.05) is 5.92 Å². The molecule has 1 amide bonds. The van der Waals surface area contributed by atoms with Crippen LogP contribution in [0.15, 0.2) is 11.1 Å². The maximum Gasteiger partial charge on any atom is 0.522 e. The molecular weight excluding hydrogens is 417 g/mol. The number of rotatable bonds is 6. The summed E-state index contributed by atoms with van der Waals surface area (Å²) in [6, 6.07) is -1.46. The van der Waals surface area contributed by atoms with E-state index >= 15 is 0 Å². The second-order valence-electron chi connectivity index (χ2n) is 6.81. The van der Waals surface area contributed by atoms with Gasteiger partial charge in [-0.1, -0.05) is 13.8 Å². The monoisotopic (exact) mass is 436 g/mol. The van der Waals surface area contributed by atoms with Gasteiger partial charge in [-0.25, -0.2) is 4.98 Å². The Labute approximate surface area is 166 Å². The molecule has 15 heteroatoms. The standard InChI is InChI=1S/C15H19F3N6O6/c1-5(2)11(26)21-14-20-10-8(12(27)22-14)19-4-24(10)13-9(30-15(16,17)18)7(23-28)6(3-25)29-13/h4-7,9,13,23,25,28H,3H2,1-2H3,(H2,20,21,22,26,27)/t6-,7-,9-,13-/m1/s1. The van der Waals surface area contributed by atoms with Crippen LogP contribution in [0.25, 0.3) is 11.2 Å². The molecule has 0 aliphatic carbocycles. The number of aliphatic hydroxyl groups excluding tert-OH is 1. The first-order chi connectivity index (χ1) is 14.1. The number of fused-ring (bicyclic) bond motifs is 1. The van der Waals surface area contributed by atoms with Crippen LogP contribution in [0.2, 0.25) is 0 Å². The van der Waals surface area contributed by atoms with Crippen LogP contribution < -0.4 is 16.4 Å². The predicted octanol–water partition coefficient (Wildman–Crippen LogP) is -0.144. The first kappa shape index (κ1) is 22.1. The SMILES string of the molecule is CC(C)C(=O)Nc1nc2c(ncn2[C@@H]2O[C@H](CO)[C@@H](NO)[C@H]2OC(F)(F)F)c(=O)[nH]1. The molecule has 12 nitrogen and oxygen atoms in total. The maximum absolute atomic E-state index is 12.9. The van der Waals surface area contributed by atoms with E-state index in [0.717, 1.165) is 10.9 Å². The molecule has 2 aromatic heterocycles. The summed E-state index contributed by atoms with van der Waals surface area (Å²) < 4.78 is 49.3. The molecule has 2 aromatic rings. The number of aromatic amines is 1. The average Bonchev–Trinajstić information content (AvgIpc) is 3.21. The molecule has 0 spiro atoms. The Morgan fingerprint density at radius 1 is 1.47 bits per heavy atom. The van der Waals surface area contributed by atoms with Crippen molar-refractivity contribution in [3.05, 3.63) is 16.7 Å². The van der Waals surface area contributed by atoms with Crippen molar-refractivity contribution in [2.75, 3.05) is 11.9 Å². The van der Waals surface area contributed by atoms with Gasteiger partial charge in [-0.05, 0) is 0 Å². The van der Waals surface area contributed by atoms with E-state index in [1.165, 1.54) is 0 Å². The van der Waals surface area contributed by atoms with Crippen molar-refractivity contribution in [2.45, 2.75) is 44.7 Å². The van der Waals surface area contributed by atoms with Crippen LogP contribution >= 0.6 is 0 Å². The van der Waals surface area contributed by atoms with Crippen molar-refractivity contribution in [1.82, 2.24) is 25.0 Å². The molecular formula is C15H19F3N6O6. The minimum atomic E-state index is -5.09. The summed E-state index contributed by atoms with van der Waals surface area (Å²) in [4.78, 5) is 34.3. The first-order valence-electron chi connectivity index (χ1n) is 8.74. The Kier molecular flexibility index (Phi) is 6.09. The third-order valence-electron chi connectivity index (χ3n) is 4.42. The molecule has 166 valence electrons. The van der Waals surface area contributed by atoms with Crippen LogP contribution in [0.4, 0.5) is 19.1 Å². The molecule has 1 fully saturated rings. The molecule has 0 aromatic carbocycles. The number of amides is 1. The number of carbonyl (C=O) groups excluding carboxylic acids is 1. The molecule has 0 radical (unpaired) electrons. The van der Waals surface area contributed by atoms with E-state index in [2.05, 4.69) is 25.0 Å². The van der Waals surface area contributed by atoms with Gasteiger partial charge in [-0.15, -0.1) is 13.2 Å². The van der Waals surface area contributed by atoms with Gasteiger partial charge in [0.15, 0.2) is 17.4 Å². The van der Waals surface area contributed by atoms with Crippen LogP contribution in [0, 0.1) is 5.92 Å². The third kappa shape index (κ3) is 4.29. The second-order valence-corrected chi connectivity index (χ2v) is 6.81. The highest BCUT2D eigenvalue weighted by Crippen LogP contribution is 2.36. The molecule has 1 aliphatic rings. The van der Waals surface area contributed by atoms with Crippen LogP contribution in [0.5, 0.6) is 0 Å². The van der Waals surface area contributed by atoms with E-state index < -0.39 is 54.8 Å². The highest BCUT2D eigenvalue weighted by molar-refractivity contribution is 5.91. The Balaban J connectivity index is 2.06. The number of anilines is 1. The van der Waals surface area contributed by atoms with Crippen molar-refractivity contribution < 1.29 is 37.8 Å². The van der Waals surface area contributed by atoms with E-state index in [-0.39, 0.29) is 17.1 Å². The summed E-state index contributed by atoms with van der Waals surface area (Å²) >= 11 is 0. The Morgan fingerprint density at radius 2 is 2.17 bits per heavy atom. The molecule has 30 heavy (non-hydrogen) atoms. The van der Waals surface area contributed by atoms with Crippen LogP contribution in [0.3, 0.4) is 0 Å². The van der Waals surface area contributed by atoms with E-state index in [0.29, 0.717) is 0 Å². The van der Waals surface area contributed by atoms with Crippen molar-refractivity contribution in [2.24, 2.45) is 5.92 Å². The largest absolute Gasteiger partial charge is 0.522 e. The lowest BCUT2D eigenvalue weighted by Crippen LogP contribution is -2.47. The quantitative estimate of drug-likeness (QED) is 0.388.